The van der Waals surface area contributed by atoms with Crippen molar-refractivity contribution in [2.24, 2.45) is 23.2 Å². The largest absolute Gasteiger partial charge is 0.314 e. The maximum Gasteiger partial charge on any atom is 0.0183 e. The molecule has 0 aliphatic heterocycles. The molecule has 5 aliphatic rings. The molecular weight excluding hydrogens is 218 g/mol. The van der Waals surface area contributed by atoms with Crippen LogP contribution in [0.5, 0.6) is 0 Å². The minimum Gasteiger partial charge on any atom is -0.314 e. The average Bonchev–Trinajstić information content (AvgIpc) is 2.75. The number of nitrogens with one attached hydrogen (secondary N) is 1. The fourth-order valence-electron chi connectivity index (χ4n) is 6.79. The maximum absolute atomic E-state index is 3.75. The van der Waals surface area contributed by atoms with Gasteiger partial charge in [-0.05, 0) is 88.0 Å². The number of hydrogen-bond acceptors (Lipinski definition) is 1. The molecule has 0 spiro atoms. The molecule has 0 radical (unpaired) electrons. The number of rotatable bonds is 3. The molecule has 1 heteroatoms. The second-order valence-corrected chi connectivity index (χ2v) is 8.33. The second kappa shape index (κ2) is 3.98. The first kappa shape index (κ1) is 11.8. The summed E-state index contributed by atoms with van der Waals surface area (Å²) in [6.45, 7) is 0. The molecule has 5 rings (SSSR count). The first-order valence-corrected chi connectivity index (χ1v) is 8.40. The predicted molar refractivity (Wildman–Crippen MR) is 75.5 cm³/mol. The molecule has 0 heterocycles. The third-order valence-electron chi connectivity index (χ3n) is 6.97. The van der Waals surface area contributed by atoms with Gasteiger partial charge in [-0.1, -0.05) is 12.8 Å². The SMILES string of the molecule is CNC1(CC23CC4CC(CC(C4)C2)C3)CCCC1. The highest BCUT2D eigenvalue weighted by Crippen LogP contribution is 2.63. The Hall–Kier alpha value is -0.0400. The van der Waals surface area contributed by atoms with Gasteiger partial charge in [-0.2, -0.15) is 0 Å². The van der Waals surface area contributed by atoms with Crippen LogP contribution in [-0.4, -0.2) is 12.6 Å². The van der Waals surface area contributed by atoms with Gasteiger partial charge in [0.05, 0.1) is 0 Å². The van der Waals surface area contributed by atoms with Gasteiger partial charge in [-0.25, -0.2) is 0 Å². The van der Waals surface area contributed by atoms with Crippen molar-refractivity contribution in [3.63, 3.8) is 0 Å². The molecule has 4 bridgehead atoms. The molecule has 0 unspecified atom stereocenters. The lowest BCUT2D eigenvalue weighted by atomic mass is 9.47. The summed E-state index contributed by atoms with van der Waals surface area (Å²) in [5.41, 5.74) is 1.30. The van der Waals surface area contributed by atoms with Crippen LogP contribution in [0.15, 0.2) is 0 Å². The van der Waals surface area contributed by atoms with Crippen LogP contribution in [0.4, 0.5) is 0 Å². The van der Waals surface area contributed by atoms with E-state index in [9.17, 15) is 0 Å². The van der Waals surface area contributed by atoms with E-state index in [2.05, 4.69) is 12.4 Å². The highest BCUT2D eigenvalue weighted by atomic mass is 14.9. The Morgan fingerprint density at radius 3 is 1.83 bits per heavy atom. The maximum atomic E-state index is 3.75. The molecular formula is C17H29N. The molecule has 5 aliphatic carbocycles. The predicted octanol–water partition coefficient (Wildman–Crippen LogP) is 4.13. The zero-order chi connectivity index (χ0) is 12.2. The van der Waals surface area contributed by atoms with Crippen LogP contribution in [0.1, 0.15) is 70.6 Å². The lowest BCUT2D eigenvalue weighted by Gasteiger charge is -2.59. The van der Waals surface area contributed by atoms with E-state index in [1.54, 1.807) is 38.5 Å². The highest BCUT2D eigenvalue weighted by Gasteiger charge is 2.53. The monoisotopic (exact) mass is 247 g/mol. The summed E-state index contributed by atoms with van der Waals surface area (Å²) in [6, 6.07) is 0. The van der Waals surface area contributed by atoms with Crippen molar-refractivity contribution < 1.29 is 0 Å². The summed E-state index contributed by atoms with van der Waals surface area (Å²) in [7, 11) is 2.23. The Bertz CT molecular complexity index is 291. The van der Waals surface area contributed by atoms with Crippen molar-refractivity contribution in [2.45, 2.75) is 76.2 Å². The summed E-state index contributed by atoms with van der Waals surface area (Å²) >= 11 is 0. The fraction of sp³-hybridized carbons (Fsp3) is 1.00. The van der Waals surface area contributed by atoms with Gasteiger partial charge in [0.2, 0.25) is 0 Å². The van der Waals surface area contributed by atoms with Crippen molar-refractivity contribution >= 4 is 0 Å². The van der Waals surface area contributed by atoms with Gasteiger partial charge in [-0.15, -0.1) is 0 Å². The Balaban J connectivity index is 1.56. The molecule has 5 fully saturated rings. The Kier molecular flexibility index (Phi) is 2.60. The van der Waals surface area contributed by atoms with Crippen molar-refractivity contribution in [1.29, 1.82) is 0 Å². The summed E-state index contributed by atoms with van der Waals surface area (Å²) in [5, 5.41) is 3.75. The smallest absolute Gasteiger partial charge is 0.0183 e. The van der Waals surface area contributed by atoms with Gasteiger partial charge in [0, 0.05) is 5.54 Å². The molecule has 102 valence electrons. The van der Waals surface area contributed by atoms with E-state index in [0.29, 0.717) is 5.54 Å². The van der Waals surface area contributed by atoms with Gasteiger partial charge in [0.15, 0.2) is 0 Å². The van der Waals surface area contributed by atoms with E-state index in [1.165, 1.54) is 32.1 Å². The molecule has 18 heavy (non-hydrogen) atoms. The first-order valence-electron chi connectivity index (χ1n) is 8.40. The van der Waals surface area contributed by atoms with E-state index in [0.717, 1.165) is 23.2 Å². The molecule has 0 saturated heterocycles. The zero-order valence-electron chi connectivity index (χ0n) is 12.0. The van der Waals surface area contributed by atoms with Crippen molar-refractivity contribution in [3.8, 4) is 0 Å². The van der Waals surface area contributed by atoms with Gasteiger partial charge < -0.3 is 5.32 Å². The van der Waals surface area contributed by atoms with E-state index < -0.39 is 0 Å². The van der Waals surface area contributed by atoms with Crippen molar-refractivity contribution in [2.75, 3.05) is 7.05 Å². The van der Waals surface area contributed by atoms with E-state index in [4.69, 9.17) is 0 Å². The Morgan fingerprint density at radius 2 is 1.39 bits per heavy atom. The normalized spacial score (nSPS) is 48.8. The van der Waals surface area contributed by atoms with Crippen LogP contribution in [0.25, 0.3) is 0 Å². The van der Waals surface area contributed by atoms with Crippen LogP contribution in [0.2, 0.25) is 0 Å². The van der Waals surface area contributed by atoms with E-state index >= 15 is 0 Å². The Morgan fingerprint density at radius 1 is 0.889 bits per heavy atom. The van der Waals surface area contributed by atoms with Gasteiger partial charge in [-0.3, -0.25) is 0 Å². The molecule has 0 aromatic heterocycles. The molecule has 0 atom stereocenters. The van der Waals surface area contributed by atoms with Crippen LogP contribution in [0.3, 0.4) is 0 Å². The minimum absolute atomic E-state index is 0.533. The third kappa shape index (κ3) is 1.77. The molecule has 0 aromatic carbocycles. The summed E-state index contributed by atoms with van der Waals surface area (Å²) in [6.07, 6.45) is 16.9. The van der Waals surface area contributed by atoms with Crippen molar-refractivity contribution in [1.82, 2.24) is 5.32 Å². The molecule has 0 amide bonds. The molecule has 1 N–H and O–H groups in total. The topological polar surface area (TPSA) is 12.0 Å². The van der Waals surface area contributed by atoms with Crippen LogP contribution < -0.4 is 5.32 Å². The highest BCUT2D eigenvalue weighted by molar-refractivity contribution is 5.06. The summed E-state index contributed by atoms with van der Waals surface area (Å²) < 4.78 is 0. The quantitative estimate of drug-likeness (QED) is 0.791. The molecule has 5 saturated carbocycles. The summed E-state index contributed by atoms with van der Waals surface area (Å²) in [4.78, 5) is 0. The van der Waals surface area contributed by atoms with Gasteiger partial charge in [0.25, 0.3) is 0 Å². The van der Waals surface area contributed by atoms with Gasteiger partial charge in [0.1, 0.15) is 0 Å². The molecule has 1 nitrogen and oxygen atoms in total. The van der Waals surface area contributed by atoms with E-state index in [1.807, 2.05) is 0 Å². The Labute approximate surface area is 112 Å². The average molecular weight is 247 g/mol. The number of hydrogen-bond donors (Lipinski definition) is 1. The van der Waals surface area contributed by atoms with Crippen LogP contribution >= 0.6 is 0 Å². The summed E-state index contributed by atoms with van der Waals surface area (Å²) in [5.74, 6) is 3.35. The van der Waals surface area contributed by atoms with Crippen LogP contribution in [0, 0.1) is 23.2 Å². The minimum atomic E-state index is 0.533. The standard InChI is InChI=1S/C17H29N/c1-18-17(4-2-3-5-17)12-16-9-13-6-14(10-16)8-15(7-13)11-16/h13-15,18H,2-12H2,1H3. The van der Waals surface area contributed by atoms with Gasteiger partial charge >= 0.3 is 0 Å². The third-order valence-corrected chi connectivity index (χ3v) is 6.97. The second-order valence-electron chi connectivity index (χ2n) is 8.33. The zero-order valence-corrected chi connectivity index (χ0v) is 12.0. The van der Waals surface area contributed by atoms with Crippen LogP contribution in [-0.2, 0) is 0 Å². The lowest BCUT2D eigenvalue weighted by Crippen LogP contribution is -2.52. The van der Waals surface area contributed by atoms with Crippen molar-refractivity contribution in [3.05, 3.63) is 0 Å². The molecule has 0 aromatic rings. The fourth-order valence-corrected chi connectivity index (χ4v) is 6.79. The lowest BCUT2D eigenvalue weighted by molar-refractivity contribution is -0.0703. The first-order chi connectivity index (χ1) is 8.71. The van der Waals surface area contributed by atoms with E-state index in [-0.39, 0.29) is 0 Å².